The van der Waals surface area contributed by atoms with Crippen molar-refractivity contribution in [3.63, 3.8) is 0 Å². The Morgan fingerprint density at radius 1 is 0.671 bits per heavy atom. The molecule has 4 aromatic carbocycles. The lowest BCUT2D eigenvalue weighted by atomic mass is 9.97. The third-order valence-electron chi connectivity index (χ3n) is 12.2. The molecular formula is C62H83N3O8. The Morgan fingerprint density at radius 3 is 1.66 bits per heavy atom. The van der Waals surface area contributed by atoms with Crippen molar-refractivity contribution in [1.82, 2.24) is 10.6 Å². The fraction of sp³-hybridized carbons (Fsp3) is 0.435. The summed E-state index contributed by atoms with van der Waals surface area (Å²) < 4.78 is 13.3. The van der Waals surface area contributed by atoms with E-state index in [-0.39, 0.29) is 18.1 Å². The minimum absolute atomic E-state index is 0.0606. The highest BCUT2D eigenvalue weighted by molar-refractivity contribution is 6.02. The molecule has 3 amide bonds. The molecule has 2 unspecified atom stereocenters. The highest BCUT2D eigenvalue weighted by Crippen LogP contribution is 2.36. The molecule has 11 nitrogen and oxygen atoms in total. The van der Waals surface area contributed by atoms with E-state index < -0.39 is 12.2 Å². The number of fused-ring (bicyclic) bond motifs is 3. The molecule has 2 atom stereocenters. The molecule has 0 aromatic heterocycles. The molecule has 0 radical (unpaired) electrons. The number of carbonyl (C=O) groups excluding carboxylic acids is 5. The number of aldehydes is 1. The maximum atomic E-state index is 11.8. The van der Waals surface area contributed by atoms with Crippen LogP contribution in [0.3, 0.4) is 0 Å². The number of ketones is 1. The number of rotatable bonds is 12. The van der Waals surface area contributed by atoms with Crippen LogP contribution in [0.25, 0.3) is 17.8 Å². The summed E-state index contributed by atoms with van der Waals surface area (Å²) in [6.45, 7) is 25.6. The van der Waals surface area contributed by atoms with Gasteiger partial charge in [0.1, 0.15) is 6.29 Å². The number of primary amides is 1. The molecular weight excluding hydrogens is 915 g/mol. The van der Waals surface area contributed by atoms with E-state index in [9.17, 15) is 24.0 Å². The molecule has 0 saturated carbocycles. The molecule has 0 bridgehead atoms. The standard InChI is InChI=1S/2C16H21NO2.2C14H18O.C2H5NO2/c2*1-10(2)7-12-5-6-13-8-11(3)15(14(13)9-12)17-16(18)19-4;1-9(2)6-11-4-5-12-7-10(3)14(15)13(12)8-11;1-11(2)8-13-4-6-14(7-5-13)9-12(3)10-15;1-5-2(3)4/h5-6,9-10H,7-8H2,1-4H3,(H,17,18);5-6,8-10,15H,7H2,1-4H3,(H,17,18);4-5,8-10H,6-7H2,1-3H3;4-7,9-11H,8H2,1-3H3;1H3,(H2,3,4)/b;;;12-9+;. The predicted octanol–water partition coefficient (Wildman–Crippen LogP) is 13.7. The van der Waals surface area contributed by atoms with Crippen LogP contribution in [0.1, 0.15) is 155 Å². The van der Waals surface area contributed by atoms with Crippen molar-refractivity contribution >= 4 is 48.2 Å². The van der Waals surface area contributed by atoms with Gasteiger partial charge >= 0.3 is 18.3 Å². The zero-order valence-electron chi connectivity index (χ0n) is 46.3. The second-order valence-corrected chi connectivity index (χ2v) is 21.0. The first-order valence-corrected chi connectivity index (χ1v) is 25.5. The Hall–Kier alpha value is -6.75. The van der Waals surface area contributed by atoms with Crippen LogP contribution in [0, 0.1) is 29.6 Å². The number of nitrogens with one attached hydrogen (secondary N) is 2. The van der Waals surface area contributed by atoms with E-state index in [2.05, 4.69) is 166 Å². The van der Waals surface area contributed by atoms with Crippen molar-refractivity contribution in [3.8, 4) is 0 Å². The first-order valence-electron chi connectivity index (χ1n) is 25.5. The molecule has 73 heavy (non-hydrogen) atoms. The number of ether oxygens (including phenoxy) is 3. The molecule has 4 aromatic rings. The Balaban J connectivity index is 0.000000250. The van der Waals surface area contributed by atoms with Gasteiger partial charge in [0, 0.05) is 17.0 Å². The fourth-order valence-electron chi connectivity index (χ4n) is 8.92. The van der Waals surface area contributed by atoms with Crippen LogP contribution in [0.5, 0.6) is 0 Å². The van der Waals surface area contributed by atoms with Gasteiger partial charge in [-0.25, -0.2) is 14.4 Å². The first kappa shape index (κ1) is 60.6. The van der Waals surface area contributed by atoms with E-state index in [0.29, 0.717) is 29.5 Å². The van der Waals surface area contributed by atoms with Gasteiger partial charge in [0.2, 0.25) is 0 Å². The van der Waals surface area contributed by atoms with Gasteiger partial charge < -0.3 is 25.3 Å². The van der Waals surface area contributed by atoms with Crippen LogP contribution in [0.4, 0.5) is 14.4 Å². The predicted molar refractivity (Wildman–Crippen MR) is 297 cm³/mol. The van der Waals surface area contributed by atoms with Gasteiger partial charge in [-0.15, -0.1) is 0 Å². The number of hydrogen-bond acceptors (Lipinski definition) is 8. The largest absolute Gasteiger partial charge is 0.453 e. The topological polar surface area (TPSA) is 163 Å². The quantitative estimate of drug-likeness (QED) is 0.0717. The molecule has 0 saturated heterocycles. The smallest absolute Gasteiger partial charge is 0.411 e. The summed E-state index contributed by atoms with van der Waals surface area (Å²) in [6, 6.07) is 27.8. The van der Waals surface area contributed by atoms with Gasteiger partial charge in [-0.1, -0.05) is 135 Å². The Bertz CT molecular complexity index is 2600. The summed E-state index contributed by atoms with van der Waals surface area (Å²) in [7, 11) is 4.00. The van der Waals surface area contributed by atoms with E-state index >= 15 is 0 Å². The second kappa shape index (κ2) is 29.7. The number of hydrogen-bond donors (Lipinski definition) is 3. The lowest BCUT2D eigenvalue weighted by molar-refractivity contribution is -0.104. The Labute approximate surface area is 436 Å². The summed E-state index contributed by atoms with van der Waals surface area (Å²) in [4.78, 5) is 54.5. The number of benzene rings is 4. The van der Waals surface area contributed by atoms with Gasteiger partial charge in [-0.3, -0.25) is 14.9 Å². The second-order valence-electron chi connectivity index (χ2n) is 21.0. The van der Waals surface area contributed by atoms with E-state index in [1.165, 1.54) is 71.4 Å². The number of Topliss-reactive ketones (excluding diaryl/α,β-unsaturated/α-hetero) is 1. The summed E-state index contributed by atoms with van der Waals surface area (Å²) in [5.74, 6) is 3.10. The number of amides is 3. The highest BCUT2D eigenvalue weighted by atomic mass is 16.5. The van der Waals surface area contributed by atoms with Crippen molar-refractivity contribution in [1.29, 1.82) is 0 Å². The minimum atomic E-state index is -0.745. The molecule has 0 spiro atoms. The van der Waals surface area contributed by atoms with Crippen molar-refractivity contribution in [3.05, 3.63) is 157 Å². The number of allylic oxidation sites excluding steroid dienone is 2. The van der Waals surface area contributed by atoms with E-state index in [1.807, 2.05) is 33.8 Å². The van der Waals surface area contributed by atoms with Gasteiger partial charge in [0.25, 0.3) is 0 Å². The highest BCUT2D eigenvalue weighted by Gasteiger charge is 2.27. The molecule has 3 aliphatic rings. The molecule has 0 aliphatic heterocycles. The fourth-order valence-corrected chi connectivity index (χ4v) is 8.92. The molecule has 7 rings (SSSR count). The average Bonchev–Trinajstić information content (AvgIpc) is 3.92. The molecule has 4 N–H and O–H groups in total. The number of carbonyl (C=O) groups is 5. The van der Waals surface area contributed by atoms with Crippen molar-refractivity contribution < 1.29 is 38.2 Å². The van der Waals surface area contributed by atoms with Crippen LogP contribution >= 0.6 is 0 Å². The van der Waals surface area contributed by atoms with Crippen molar-refractivity contribution in [2.24, 2.45) is 35.3 Å². The summed E-state index contributed by atoms with van der Waals surface area (Å²) in [5.41, 5.74) is 21.8. The summed E-state index contributed by atoms with van der Waals surface area (Å²) in [5, 5.41) is 5.72. The Kier molecular flexibility index (Phi) is 24.6. The van der Waals surface area contributed by atoms with Crippen LogP contribution in [0.15, 0.2) is 95.6 Å². The normalized spacial score (nSPS) is 15.0. The van der Waals surface area contributed by atoms with Crippen molar-refractivity contribution in [2.75, 3.05) is 21.3 Å². The van der Waals surface area contributed by atoms with Gasteiger partial charge in [-0.05, 0) is 168 Å². The van der Waals surface area contributed by atoms with Gasteiger partial charge in [-0.2, -0.15) is 0 Å². The summed E-state index contributed by atoms with van der Waals surface area (Å²) >= 11 is 0. The summed E-state index contributed by atoms with van der Waals surface area (Å²) in [6.07, 6.45) is 9.46. The average molecular weight is 998 g/mol. The lowest BCUT2D eigenvalue weighted by Gasteiger charge is -2.17. The number of methoxy groups -OCH3 is 3. The van der Waals surface area contributed by atoms with Crippen LogP contribution in [-0.4, -0.2) is 51.7 Å². The lowest BCUT2D eigenvalue weighted by Crippen LogP contribution is -2.28. The monoisotopic (exact) mass is 998 g/mol. The Morgan fingerprint density at radius 2 is 1.15 bits per heavy atom. The molecule has 0 fully saturated rings. The van der Waals surface area contributed by atoms with Crippen molar-refractivity contribution in [2.45, 2.75) is 128 Å². The van der Waals surface area contributed by atoms with E-state index in [0.717, 1.165) is 78.3 Å². The molecule has 11 heteroatoms. The third kappa shape index (κ3) is 20.0. The van der Waals surface area contributed by atoms with Crippen LogP contribution < -0.4 is 16.4 Å². The van der Waals surface area contributed by atoms with E-state index in [4.69, 9.17) is 4.74 Å². The maximum Gasteiger partial charge on any atom is 0.411 e. The first-order chi connectivity index (χ1) is 34.5. The maximum absolute atomic E-state index is 11.8. The number of alkyl carbamates (subject to hydrolysis) is 2. The molecule has 3 aliphatic carbocycles. The zero-order valence-corrected chi connectivity index (χ0v) is 46.3. The van der Waals surface area contributed by atoms with Crippen LogP contribution in [-0.2, 0) is 57.5 Å². The molecule has 394 valence electrons. The SMILES string of the molecule is C/C(C=O)=C\c1ccc(CC(C)C)cc1.CC(C)Cc1ccc2c(c1)C(=O)C(C)C2.COC(=O)NC1=C(C)Cc2ccc(CC(C)C)cc21.COC(=O)NC1C(C)=Cc2ccc(CC(C)C)cc21.COC(N)=O. The van der Waals surface area contributed by atoms with Crippen LogP contribution in [0.2, 0.25) is 0 Å². The molecule has 0 heterocycles. The third-order valence-corrected chi connectivity index (χ3v) is 12.2. The minimum Gasteiger partial charge on any atom is -0.453 e. The van der Waals surface area contributed by atoms with Gasteiger partial charge in [0.05, 0.1) is 33.1 Å². The zero-order chi connectivity index (χ0) is 54.5. The number of nitrogens with two attached hydrogens (primary N) is 1. The van der Waals surface area contributed by atoms with Gasteiger partial charge in [0.15, 0.2) is 5.78 Å². The van der Waals surface area contributed by atoms with E-state index in [1.54, 1.807) is 0 Å².